The Bertz CT molecular complexity index is 365. The lowest BCUT2D eigenvalue weighted by atomic mass is 10.2. The second-order valence-corrected chi connectivity index (χ2v) is 5.04. The zero-order valence-electron chi connectivity index (χ0n) is 11.7. The number of ether oxygens (including phenoxy) is 1. The first-order valence-corrected chi connectivity index (χ1v) is 6.70. The van der Waals surface area contributed by atoms with E-state index in [1.807, 2.05) is 35.2 Å². The Balaban J connectivity index is 2.25. The van der Waals surface area contributed by atoms with Gasteiger partial charge in [0.25, 0.3) is 0 Å². The van der Waals surface area contributed by atoms with Crippen LogP contribution in [0, 0.1) is 5.92 Å². The second kappa shape index (κ2) is 8.53. The maximum Gasteiger partial charge on any atom is 0.317 e. The summed E-state index contributed by atoms with van der Waals surface area (Å²) in [5.74, 6) is 0.551. The van der Waals surface area contributed by atoms with Crippen LogP contribution in [0.25, 0.3) is 0 Å². The molecule has 0 unspecified atom stereocenters. The van der Waals surface area contributed by atoms with E-state index in [-0.39, 0.29) is 6.54 Å². The Morgan fingerprint density at radius 1 is 1.32 bits per heavy atom. The summed E-state index contributed by atoms with van der Waals surface area (Å²) in [7, 11) is 0. The molecule has 0 radical (unpaired) electrons. The standard InChI is InChI=1S/C15H23NO3/c1-13(2)11-16(12-15(17)18)9-6-10-19-14-7-4-3-5-8-14/h3-5,7-8,13H,6,9-12H2,1-2H3,(H,17,18). The van der Waals surface area contributed by atoms with Crippen molar-refractivity contribution < 1.29 is 14.6 Å². The molecule has 0 aliphatic rings. The topological polar surface area (TPSA) is 49.8 Å². The van der Waals surface area contributed by atoms with Crippen LogP contribution in [0.5, 0.6) is 5.75 Å². The molecule has 19 heavy (non-hydrogen) atoms. The van der Waals surface area contributed by atoms with Crippen molar-refractivity contribution in [3.05, 3.63) is 30.3 Å². The van der Waals surface area contributed by atoms with Crippen molar-refractivity contribution in [3.8, 4) is 5.75 Å². The monoisotopic (exact) mass is 265 g/mol. The lowest BCUT2D eigenvalue weighted by Crippen LogP contribution is -2.34. The molecule has 4 heteroatoms. The van der Waals surface area contributed by atoms with Gasteiger partial charge in [-0.25, -0.2) is 0 Å². The minimum Gasteiger partial charge on any atom is -0.494 e. The SMILES string of the molecule is CC(C)CN(CCCOc1ccccc1)CC(=O)O. The lowest BCUT2D eigenvalue weighted by Gasteiger charge is -2.22. The molecule has 0 bridgehead atoms. The normalized spacial score (nSPS) is 10.9. The lowest BCUT2D eigenvalue weighted by molar-refractivity contribution is -0.138. The number of aliphatic carboxylic acids is 1. The van der Waals surface area contributed by atoms with Gasteiger partial charge in [-0.3, -0.25) is 9.69 Å². The van der Waals surface area contributed by atoms with Crippen LogP contribution >= 0.6 is 0 Å². The van der Waals surface area contributed by atoms with Crippen molar-refractivity contribution in [1.82, 2.24) is 4.90 Å². The van der Waals surface area contributed by atoms with Gasteiger partial charge in [-0.2, -0.15) is 0 Å². The van der Waals surface area contributed by atoms with Crippen LogP contribution < -0.4 is 4.74 Å². The number of carboxylic acid groups (broad SMARTS) is 1. The number of carboxylic acids is 1. The number of hydrogen-bond acceptors (Lipinski definition) is 3. The maximum atomic E-state index is 10.8. The summed E-state index contributed by atoms with van der Waals surface area (Å²) in [6.45, 7) is 6.45. The van der Waals surface area contributed by atoms with E-state index < -0.39 is 5.97 Å². The fourth-order valence-electron chi connectivity index (χ4n) is 1.94. The summed E-state index contributed by atoms with van der Waals surface area (Å²) in [6, 6.07) is 9.66. The number of carbonyl (C=O) groups is 1. The first kappa shape index (κ1) is 15.5. The Morgan fingerprint density at radius 2 is 2.00 bits per heavy atom. The van der Waals surface area contributed by atoms with Gasteiger partial charge in [0.2, 0.25) is 0 Å². The third-order valence-electron chi connectivity index (χ3n) is 2.61. The summed E-state index contributed by atoms with van der Waals surface area (Å²) in [6.07, 6.45) is 0.828. The Hall–Kier alpha value is -1.55. The average molecular weight is 265 g/mol. The largest absolute Gasteiger partial charge is 0.494 e. The number of benzene rings is 1. The molecule has 0 heterocycles. The maximum absolute atomic E-state index is 10.8. The molecule has 0 amide bonds. The van der Waals surface area contributed by atoms with E-state index in [0.29, 0.717) is 12.5 Å². The summed E-state index contributed by atoms with van der Waals surface area (Å²) in [5, 5.41) is 8.86. The van der Waals surface area contributed by atoms with Gasteiger partial charge in [-0.1, -0.05) is 32.0 Å². The van der Waals surface area contributed by atoms with Crippen molar-refractivity contribution in [2.75, 3.05) is 26.2 Å². The molecule has 0 saturated carbocycles. The predicted molar refractivity (Wildman–Crippen MR) is 75.5 cm³/mol. The van der Waals surface area contributed by atoms with Gasteiger partial charge in [-0.05, 0) is 24.5 Å². The molecule has 1 aromatic carbocycles. The van der Waals surface area contributed by atoms with Crippen LogP contribution in [0.3, 0.4) is 0 Å². The molecule has 0 aromatic heterocycles. The fourth-order valence-corrected chi connectivity index (χ4v) is 1.94. The van der Waals surface area contributed by atoms with Gasteiger partial charge in [0, 0.05) is 13.1 Å². The van der Waals surface area contributed by atoms with E-state index in [0.717, 1.165) is 25.3 Å². The van der Waals surface area contributed by atoms with E-state index in [2.05, 4.69) is 13.8 Å². The molecular formula is C15H23NO3. The van der Waals surface area contributed by atoms with Crippen molar-refractivity contribution in [1.29, 1.82) is 0 Å². The molecule has 106 valence electrons. The molecule has 1 aromatic rings. The van der Waals surface area contributed by atoms with Gasteiger partial charge >= 0.3 is 5.97 Å². The van der Waals surface area contributed by atoms with Crippen molar-refractivity contribution in [3.63, 3.8) is 0 Å². The average Bonchev–Trinajstić information content (AvgIpc) is 2.34. The van der Waals surface area contributed by atoms with E-state index in [4.69, 9.17) is 9.84 Å². The van der Waals surface area contributed by atoms with Gasteiger partial charge < -0.3 is 9.84 Å². The van der Waals surface area contributed by atoms with Crippen LogP contribution in [0.4, 0.5) is 0 Å². The number of nitrogens with zero attached hydrogens (tertiary/aromatic N) is 1. The van der Waals surface area contributed by atoms with Gasteiger partial charge in [0.05, 0.1) is 13.2 Å². The minimum absolute atomic E-state index is 0.101. The van der Waals surface area contributed by atoms with Gasteiger partial charge in [-0.15, -0.1) is 0 Å². The van der Waals surface area contributed by atoms with Crippen molar-refractivity contribution >= 4 is 5.97 Å². The quantitative estimate of drug-likeness (QED) is 0.697. The van der Waals surface area contributed by atoms with E-state index in [1.54, 1.807) is 0 Å². The molecule has 1 rings (SSSR count). The van der Waals surface area contributed by atoms with Crippen LogP contribution in [-0.4, -0.2) is 42.2 Å². The van der Waals surface area contributed by atoms with Crippen LogP contribution in [0.2, 0.25) is 0 Å². The van der Waals surface area contributed by atoms with Crippen LogP contribution in [0.15, 0.2) is 30.3 Å². The molecule has 1 N–H and O–H groups in total. The highest BCUT2D eigenvalue weighted by atomic mass is 16.5. The first-order chi connectivity index (χ1) is 9.08. The molecule has 0 aliphatic heterocycles. The third kappa shape index (κ3) is 7.47. The van der Waals surface area contributed by atoms with Crippen LogP contribution in [-0.2, 0) is 4.79 Å². The van der Waals surface area contributed by atoms with Gasteiger partial charge in [0.1, 0.15) is 5.75 Å². The zero-order valence-corrected chi connectivity index (χ0v) is 11.7. The highest BCUT2D eigenvalue weighted by molar-refractivity contribution is 5.69. The molecule has 0 saturated heterocycles. The highest BCUT2D eigenvalue weighted by Crippen LogP contribution is 2.08. The van der Waals surface area contributed by atoms with Crippen LogP contribution in [0.1, 0.15) is 20.3 Å². The summed E-state index contributed by atoms with van der Waals surface area (Å²) < 4.78 is 5.59. The molecule has 0 spiro atoms. The van der Waals surface area contributed by atoms with Gasteiger partial charge in [0.15, 0.2) is 0 Å². The van der Waals surface area contributed by atoms with E-state index in [1.165, 1.54) is 0 Å². The Kier molecular flexibility index (Phi) is 6.97. The predicted octanol–water partition coefficient (Wildman–Crippen LogP) is 2.50. The van der Waals surface area contributed by atoms with E-state index >= 15 is 0 Å². The number of hydrogen-bond donors (Lipinski definition) is 1. The first-order valence-electron chi connectivity index (χ1n) is 6.70. The molecule has 4 nitrogen and oxygen atoms in total. The smallest absolute Gasteiger partial charge is 0.317 e. The van der Waals surface area contributed by atoms with Crippen molar-refractivity contribution in [2.45, 2.75) is 20.3 Å². The van der Waals surface area contributed by atoms with E-state index in [9.17, 15) is 4.79 Å². The molecular weight excluding hydrogens is 242 g/mol. The Morgan fingerprint density at radius 3 is 2.58 bits per heavy atom. The zero-order chi connectivity index (χ0) is 14.1. The third-order valence-corrected chi connectivity index (χ3v) is 2.61. The number of rotatable bonds is 9. The fraction of sp³-hybridized carbons (Fsp3) is 0.533. The minimum atomic E-state index is -0.773. The summed E-state index contributed by atoms with van der Waals surface area (Å²) in [5.41, 5.74) is 0. The molecule has 0 atom stereocenters. The number of para-hydroxylation sites is 1. The molecule has 0 aliphatic carbocycles. The highest BCUT2D eigenvalue weighted by Gasteiger charge is 2.10. The second-order valence-electron chi connectivity index (χ2n) is 5.04. The summed E-state index contributed by atoms with van der Waals surface area (Å²) in [4.78, 5) is 12.7. The molecule has 0 fully saturated rings. The summed E-state index contributed by atoms with van der Waals surface area (Å²) >= 11 is 0. The Labute approximate surface area is 115 Å². The van der Waals surface area contributed by atoms with Crippen molar-refractivity contribution in [2.24, 2.45) is 5.92 Å².